The van der Waals surface area contributed by atoms with Crippen molar-refractivity contribution < 1.29 is 13.2 Å². The number of hydrogen-bond donors (Lipinski definition) is 2. The van der Waals surface area contributed by atoms with Crippen LogP contribution in [0.1, 0.15) is 11.3 Å². The molecule has 2 heterocycles. The number of thiophene rings is 1. The quantitative estimate of drug-likeness (QED) is 0.752. The lowest BCUT2D eigenvalue weighted by Gasteiger charge is -2.05. The Balaban J connectivity index is 1.77. The van der Waals surface area contributed by atoms with Gasteiger partial charge >= 0.3 is 0 Å². The van der Waals surface area contributed by atoms with Crippen LogP contribution in [0.2, 0.25) is 0 Å². The minimum atomic E-state index is -3.52. The summed E-state index contributed by atoms with van der Waals surface area (Å²) in [6, 6.07) is 11.1. The summed E-state index contributed by atoms with van der Waals surface area (Å²) in [5, 5.41) is 1.69. The van der Waals surface area contributed by atoms with Crippen molar-refractivity contribution in [3.05, 3.63) is 47.7 Å². The lowest BCUT2D eigenvalue weighted by atomic mass is 10.2. The molecule has 0 atom stereocenters. The van der Waals surface area contributed by atoms with E-state index in [4.69, 9.17) is 4.74 Å². The van der Waals surface area contributed by atoms with Gasteiger partial charge in [-0.25, -0.2) is 13.1 Å². The van der Waals surface area contributed by atoms with Crippen LogP contribution in [0.4, 0.5) is 0 Å². The number of H-pyrrole nitrogens is 1. The van der Waals surface area contributed by atoms with E-state index in [1.807, 2.05) is 25.1 Å². The van der Waals surface area contributed by atoms with E-state index in [1.54, 1.807) is 12.1 Å². The van der Waals surface area contributed by atoms with Gasteiger partial charge in [-0.05, 0) is 42.1 Å². The molecule has 3 aromatic rings. The molecule has 0 amide bonds. The fraction of sp³-hybridized carbons (Fsp3) is 0.200. The van der Waals surface area contributed by atoms with Gasteiger partial charge in [0.05, 0.1) is 7.11 Å². The van der Waals surface area contributed by atoms with Gasteiger partial charge in [0.15, 0.2) is 5.06 Å². The summed E-state index contributed by atoms with van der Waals surface area (Å²) in [6.07, 6.45) is 0. The Bertz CT molecular complexity index is 910. The van der Waals surface area contributed by atoms with E-state index in [1.165, 1.54) is 7.11 Å². The molecule has 0 spiro atoms. The molecule has 0 aliphatic carbocycles. The van der Waals surface area contributed by atoms with Gasteiger partial charge in [-0.1, -0.05) is 23.5 Å². The van der Waals surface area contributed by atoms with Gasteiger partial charge in [-0.15, -0.1) is 0 Å². The first-order chi connectivity index (χ1) is 10.5. The van der Waals surface area contributed by atoms with Crippen LogP contribution < -0.4 is 9.46 Å². The van der Waals surface area contributed by atoms with Gasteiger partial charge in [0.25, 0.3) is 0 Å². The highest BCUT2D eigenvalue weighted by molar-refractivity contribution is 7.91. The van der Waals surface area contributed by atoms with Crippen molar-refractivity contribution in [2.45, 2.75) is 17.7 Å². The number of ether oxygens (including phenoxy) is 1. The van der Waals surface area contributed by atoms with E-state index in [9.17, 15) is 8.42 Å². The van der Waals surface area contributed by atoms with Crippen LogP contribution in [-0.2, 0) is 16.6 Å². The Morgan fingerprint density at radius 1 is 1.23 bits per heavy atom. The van der Waals surface area contributed by atoms with Gasteiger partial charge in [0.2, 0.25) is 10.0 Å². The van der Waals surface area contributed by atoms with Crippen LogP contribution in [0.25, 0.3) is 10.9 Å². The fourth-order valence-electron chi connectivity index (χ4n) is 2.24. The summed E-state index contributed by atoms with van der Waals surface area (Å²) in [7, 11) is -2.00. The van der Waals surface area contributed by atoms with Crippen molar-refractivity contribution in [3.63, 3.8) is 0 Å². The molecule has 5 nitrogen and oxygen atoms in total. The van der Waals surface area contributed by atoms with Crippen molar-refractivity contribution in [1.82, 2.24) is 9.71 Å². The smallest absolute Gasteiger partial charge is 0.250 e. The first-order valence-electron chi connectivity index (χ1n) is 6.70. The maximum atomic E-state index is 12.2. The summed E-state index contributed by atoms with van der Waals surface area (Å²) in [4.78, 5) is 3.25. The number of sulfonamides is 1. The molecule has 0 aliphatic heterocycles. The van der Waals surface area contributed by atoms with Crippen molar-refractivity contribution >= 4 is 32.3 Å². The Morgan fingerprint density at radius 3 is 2.77 bits per heavy atom. The Labute approximate surface area is 133 Å². The minimum absolute atomic E-state index is 0.247. The molecule has 1 aromatic carbocycles. The van der Waals surface area contributed by atoms with E-state index in [-0.39, 0.29) is 10.8 Å². The second-order valence-corrected chi connectivity index (χ2v) is 8.02. The van der Waals surface area contributed by atoms with Crippen LogP contribution in [0.5, 0.6) is 5.06 Å². The summed E-state index contributed by atoms with van der Waals surface area (Å²) in [6.45, 7) is 2.24. The maximum Gasteiger partial charge on any atom is 0.250 e. The average molecular weight is 336 g/mol. The first-order valence-corrected chi connectivity index (χ1v) is 9.00. The van der Waals surface area contributed by atoms with Gasteiger partial charge in [-0.3, -0.25) is 0 Å². The molecule has 22 heavy (non-hydrogen) atoms. The summed E-state index contributed by atoms with van der Waals surface area (Å²) < 4.78 is 32.4. The van der Waals surface area contributed by atoms with Gasteiger partial charge in [-0.2, -0.15) is 0 Å². The van der Waals surface area contributed by atoms with Crippen molar-refractivity contribution in [2.75, 3.05) is 7.11 Å². The van der Waals surface area contributed by atoms with E-state index >= 15 is 0 Å². The highest BCUT2D eigenvalue weighted by Gasteiger charge is 2.17. The predicted octanol–water partition coefficient (Wildman–Crippen LogP) is 3.02. The normalized spacial score (nSPS) is 11.9. The van der Waals surface area contributed by atoms with Crippen LogP contribution >= 0.6 is 11.3 Å². The number of rotatable bonds is 5. The number of benzene rings is 1. The molecule has 0 aliphatic rings. The zero-order valence-electron chi connectivity index (χ0n) is 12.2. The largest absolute Gasteiger partial charge is 0.487 e. The standard InChI is InChI=1S/C15H16N2O3S2/c1-10-7-12-4-3-11(8-13(12)17-10)9-16-22(18,19)15-6-5-14(20-2)21-15/h3-8,16-17H,9H2,1-2H3. The molecule has 116 valence electrons. The Kier molecular flexibility index (Phi) is 3.94. The molecule has 3 rings (SSSR count). The summed E-state index contributed by atoms with van der Waals surface area (Å²) in [5.41, 5.74) is 2.99. The maximum absolute atomic E-state index is 12.2. The third-order valence-electron chi connectivity index (χ3n) is 3.31. The van der Waals surface area contributed by atoms with Crippen LogP contribution in [-0.4, -0.2) is 20.5 Å². The average Bonchev–Trinajstić information content (AvgIpc) is 3.10. The molecule has 0 radical (unpaired) electrons. The number of fused-ring (bicyclic) bond motifs is 1. The SMILES string of the molecule is COc1ccc(S(=O)(=O)NCc2ccc3cc(C)[nH]c3c2)s1. The summed E-state index contributed by atoms with van der Waals surface area (Å²) >= 11 is 1.10. The number of methoxy groups -OCH3 is 1. The van der Waals surface area contributed by atoms with Gasteiger partial charge in [0.1, 0.15) is 4.21 Å². The topological polar surface area (TPSA) is 71.2 Å². The van der Waals surface area contributed by atoms with E-state index in [2.05, 4.69) is 15.8 Å². The number of hydrogen-bond acceptors (Lipinski definition) is 4. The van der Waals surface area contributed by atoms with Crippen molar-refractivity contribution in [1.29, 1.82) is 0 Å². The fourth-order valence-corrected chi connectivity index (χ4v) is 4.40. The predicted molar refractivity (Wildman–Crippen MR) is 87.9 cm³/mol. The third-order valence-corrected chi connectivity index (χ3v) is 6.25. The lowest BCUT2D eigenvalue weighted by Crippen LogP contribution is -2.22. The highest BCUT2D eigenvalue weighted by atomic mass is 32.2. The van der Waals surface area contributed by atoms with Gasteiger partial charge < -0.3 is 9.72 Å². The zero-order valence-corrected chi connectivity index (χ0v) is 13.8. The van der Waals surface area contributed by atoms with Crippen molar-refractivity contribution in [2.24, 2.45) is 0 Å². The third kappa shape index (κ3) is 3.01. The first kappa shape index (κ1) is 15.1. The number of aromatic amines is 1. The van der Waals surface area contributed by atoms with Crippen LogP contribution in [0.3, 0.4) is 0 Å². The molecule has 0 bridgehead atoms. The van der Waals surface area contributed by atoms with E-state index in [0.717, 1.165) is 33.5 Å². The molecule has 0 saturated heterocycles. The minimum Gasteiger partial charge on any atom is -0.487 e. The molecule has 0 unspecified atom stereocenters. The highest BCUT2D eigenvalue weighted by Crippen LogP contribution is 2.27. The van der Waals surface area contributed by atoms with E-state index in [0.29, 0.717) is 5.06 Å². The monoisotopic (exact) mass is 336 g/mol. The molecular weight excluding hydrogens is 320 g/mol. The number of nitrogens with one attached hydrogen (secondary N) is 2. The Morgan fingerprint density at radius 2 is 2.05 bits per heavy atom. The molecule has 2 N–H and O–H groups in total. The number of aryl methyl sites for hydroxylation is 1. The van der Waals surface area contributed by atoms with Crippen LogP contribution in [0.15, 0.2) is 40.6 Å². The molecule has 2 aromatic heterocycles. The molecule has 0 saturated carbocycles. The van der Waals surface area contributed by atoms with Crippen molar-refractivity contribution in [3.8, 4) is 5.06 Å². The lowest BCUT2D eigenvalue weighted by molar-refractivity contribution is 0.427. The number of aromatic nitrogens is 1. The Hall–Kier alpha value is -1.83. The van der Waals surface area contributed by atoms with E-state index < -0.39 is 10.0 Å². The molecule has 7 heteroatoms. The second kappa shape index (κ2) is 5.75. The molecule has 0 fully saturated rings. The van der Waals surface area contributed by atoms with Crippen LogP contribution in [0, 0.1) is 6.92 Å². The summed E-state index contributed by atoms with van der Waals surface area (Å²) in [5.74, 6) is 0. The second-order valence-electron chi connectivity index (χ2n) is 4.98. The van der Waals surface area contributed by atoms with Gasteiger partial charge in [0, 0.05) is 17.8 Å². The molecular formula is C15H16N2O3S2. The zero-order chi connectivity index (χ0) is 15.7.